The fourth-order valence-corrected chi connectivity index (χ4v) is 2.82. The van der Waals surface area contributed by atoms with Crippen LogP contribution in [0.3, 0.4) is 0 Å². The third kappa shape index (κ3) is 3.88. The third-order valence-electron chi connectivity index (χ3n) is 3.15. The molecule has 1 heterocycles. The molecule has 0 unspecified atom stereocenters. The monoisotopic (exact) mass is 320 g/mol. The molecular formula is C15H16N2O4S. The summed E-state index contributed by atoms with van der Waals surface area (Å²) in [7, 11) is 1.41. The van der Waals surface area contributed by atoms with E-state index in [1.54, 1.807) is 0 Å². The summed E-state index contributed by atoms with van der Waals surface area (Å²) in [6.45, 7) is -0.552. The number of carbonyl (C=O) groups excluding carboxylic acids is 2. The smallest absolute Gasteiger partial charge is 0.323 e. The topological polar surface area (TPSA) is 77.9 Å². The minimum atomic E-state index is -1.09. The Kier molecular flexibility index (Phi) is 5.21. The molecule has 116 valence electrons. The van der Waals surface area contributed by atoms with Crippen molar-refractivity contribution in [2.24, 2.45) is 0 Å². The normalized spacial score (nSPS) is 14.5. The number of hydrogen-bond donors (Lipinski definition) is 1. The van der Waals surface area contributed by atoms with E-state index in [0.29, 0.717) is 5.70 Å². The van der Waals surface area contributed by atoms with Crippen molar-refractivity contribution >= 4 is 35.2 Å². The Bertz CT molecular complexity index is 615. The molecule has 0 aromatic heterocycles. The molecule has 2 amide bonds. The van der Waals surface area contributed by atoms with Crippen molar-refractivity contribution in [2.75, 3.05) is 25.9 Å². The SMILES string of the molecule is CN(CC(=O)O)C(=O)CN1C(=O)CSC=C1c1ccccc1. The molecule has 0 spiro atoms. The van der Waals surface area contributed by atoms with Crippen molar-refractivity contribution in [3.05, 3.63) is 41.3 Å². The highest BCUT2D eigenvalue weighted by Crippen LogP contribution is 2.27. The lowest BCUT2D eigenvalue weighted by Crippen LogP contribution is -2.43. The molecule has 0 fully saturated rings. The van der Waals surface area contributed by atoms with E-state index in [9.17, 15) is 14.4 Å². The first-order valence-electron chi connectivity index (χ1n) is 6.62. The molecule has 0 aliphatic carbocycles. The molecule has 1 N–H and O–H groups in total. The molecule has 0 atom stereocenters. The fraction of sp³-hybridized carbons (Fsp3) is 0.267. The lowest BCUT2D eigenvalue weighted by molar-refractivity contribution is -0.144. The molecule has 7 heteroatoms. The molecule has 0 saturated heterocycles. The van der Waals surface area contributed by atoms with Crippen molar-refractivity contribution in [3.8, 4) is 0 Å². The van der Waals surface area contributed by atoms with Crippen LogP contribution in [-0.2, 0) is 14.4 Å². The van der Waals surface area contributed by atoms with Crippen molar-refractivity contribution in [2.45, 2.75) is 0 Å². The number of nitrogens with zero attached hydrogens (tertiary/aromatic N) is 2. The van der Waals surface area contributed by atoms with Gasteiger partial charge in [-0.25, -0.2) is 0 Å². The van der Waals surface area contributed by atoms with E-state index in [4.69, 9.17) is 5.11 Å². The number of carboxylic acids is 1. The number of amides is 2. The average Bonchev–Trinajstić information content (AvgIpc) is 2.49. The zero-order chi connectivity index (χ0) is 16.1. The molecule has 1 aliphatic heterocycles. The summed E-state index contributed by atoms with van der Waals surface area (Å²) >= 11 is 1.38. The van der Waals surface area contributed by atoms with Gasteiger partial charge in [0.05, 0.1) is 11.4 Å². The van der Waals surface area contributed by atoms with E-state index in [2.05, 4.69) is 0 Å². The summed E-state index contributed by atoms with van der Waals surface area (Å²) < 4.78 is 0. The first-order chi connectivity index (χ1) is 10.5. The predicted molar refractivity (Wildman–Crippen MR) is 83.9 cm³/mol. The van der Waals surface area contributed by atoms with Crippen LogP contribution in [0.4, 0.5) is 0 Å². The van der Waals surface area contributed by atoms with Crippen LogP contribution in [-0.4, -0.2) is 58.6 Å². The lowest BCUT2D eigenvalue weighted by atomic mass is 10.1. The van der Waals surface area contributed by atoms with Crippen molar-refractivity contribution in [1.82, 2.24) is 9.80 Å². The van der Waals surface area contributed by atoms with Gasteiger partial charge < -0.3 is 14.9 Å². The van der Waals surface area contributed by atoms with Crippen LogP contribution < -0.4 is 0 Å². The first kappa shape index (κ1) is 16.1. The van der Waals surface area contributed by atoms with E-state index >= 15 is 0 Å². The molecule has 2 rings (SSSR count). The first-order valence-corrected chi connectivity index (χ1v) is 7.67. The Labute approximate surface area is 132 Å². The quantitative estimate of drug-likeness (QED) is 0.879. The number of carbonyl (C=O) groups is 3. The Hall–Kier alpha value is -2.28. The fourth-order valence-electron chi connectivity index (χ4n) is 2.02. The predicted octanol–water partition coefficient (Wildman–Crippen LogP) is 1.10. The number of likely N-dealkylation sites (N-methyl/N-ethyl adjacent to an activating group) is 1. The van der Waals surface area contributed by atoms with E-state index in [1.807, 2.05) is 35.7 Å². The summed E-state index contributed by atoms with van der Waals surface area (Å²) in [5.74, 6) is -1.39. The van der Waals surface area contributed by atoms with Crippen LogP contribution in [0.15, 0.2) is 35.7 Å². The van der Waals surface area contributed by atoms with E-state index in [-0.39, 0.29) is 24.7 Å². The highest BCUT2D eigenvalue weighted by atomic mass is 32.2. The van der Waals surface area contributed by atoms with Gasteiger partial charge in [-0.05, 0) is 11.0 Å². The third-order valence-corrected chi connectivity index (χ3v) is 3.96. The van der Waals surface area contributed by atoms with Gasteiger partial charge >= 0.3 is 5.97 Å². The molecule has 1 aliphatic rings. The van der Waals surface area contributed by atoms with Crippen LogP contribution in [0.1, 0.15) is 5.56 Å². The summed E-state index contributed by atoms with van der Waals surface area (Å²) in [5.41, 5.74) is 1.51. The lowest BCUT2D eigenvalue weighted by Gasteiger charge is -2.29. The number of hydrogen-bond acceptors (Lipinski definition) is 4. The van der Waals surface area contributed by atoms with Gasteiger partial charge in [-0.1, -0.05) is 30.3 Å². The van der Waals surface area contributed by atoms with E-state index < -0.39 is 11.9 Å². The van der Waals surface area contributed by atoms with Crippen LogP contribution >= 0.6 is 11.8 Å². The maximum atomic E-state index is 12.1. The molecule has 0 bridgehead atoms. The Balaban J connectivity index is 2.17. The van der Waals surface area contributed by atoms with Gasteiger partial charge in [0.1, 0.15) is 13.1 Å². The van der Waals surface area contributed by atoms with Crippen LogP contribution in [0.2, 0.25) is 0 Å². The summed E-state index contributed by atoms with van der Waals surface area (Å²) in [6, 6.07) is 9.32. The van der Waals surface area contributed by atoms with Gasteiger partial charge in [-0.3, -0.25) is 14.4 Å². The molecular weight excluding hydrogens is 304 g/mol. The molecule has 1 aromatic carbocycles. The number of thioether (sulfide) groups is 1. The highest BCUT2D eigenvalue weighted by molar-refractivity contribution is 8.03. The van der Waals surface area contributed by atoms with Gasteiger partial charge in [0.25, 0.3) is 0 Å². The number of aliphatic carboxylic acids is 1. The molecule has 6 nitrogen and oxygen atoms in total. The average molecular weight is 320 g/mol. The molecule has 0 radical (unpaired) electrons. The minimum absolute atomic E-state index is 0.163. The van der Waals surface area contributed by atoms with Crippen molar-refractivity contribution in [1.29, 1.82) is 0 Å². The second-order valence-corrected chi connectivity index (χ2v) is 5.66. The molecule has 0 saturated carbocycles. The summed E-state index contributed by atoms with van der Waals surface area (Å²) in [4.78, 5) is 37.4. The second-order valence-electron chi connectivity index (χ2n) is 4.80. The minimum Gasteiger partial charge on any atom is -0.480 e. The Morgan fingerprint density at radius 2 is 2.00 bits per heavy atom. The van der Waals surface area contributed by atoms with Crippen LogP contribution in [0.25, 0.3) is 5.70 Å². The zero-order valence-electron chi connectivity index (χ0n) is 12.1. The van der Waals surface area contributed by atoms with Crippen molar-refractivity contribution < 1.29 is 19.5 Å². The Morgan fingerprint density at radius 3 is 2.64 bits per heavy atom. The van der Waals surface area contributed by atoms with E-state index in [1.165, 1.54) is 23.7 Å². The van der Waals surface area contributed by atoms with Gasteiger partial charge in [0.15, 0.2) is 0 Å². The van der Waals surface area contributed by atoms with Crippen LogP contribution in [0, 0.1) is 0 Å². The van der Waals surface area contributed by atoms with Crippen molar-refractivity contribution in [3.63, 3.8) is 0 Å². The summed E-state index contributed by atoms with van der Waals surface area (Å²) in [6.07, 6.45) is 0. The summed E-state index contributed by atoms with van der Waals surface area (Å²) in [5, 5.41) is 10.6. The van der Waals surface area contributed by atoms with Gasteiger partial charge in [0.2, 0.25) is 11.8 Å². The van der Waals surface area contributed by atoms with Crippen LogP contribution in [0.5, 0.6) is 0 Å². The standard InChI is InChI=1S/C15H16N2O4S/c1-16(8-15(20)21)13(18)7-17-12(9-22-10-14(17)19)11-5-3-2-4-6-11/h2-6,9H,7-8,10H2,1H3,(H,20,21). The maximum Gasteiger partial charge on any atom is 0.323 e. The maximum absolute atomic E-state index is 12.1. The number of benzene rings is 1. The largest absolute Gasteiger partial charge is 0.480 e. The van der Waals surface area contributed by atoms with Gasteiger partial charge in [-0.15, -0.1) is 11.8 Å². The number of rotatable bonds is 5. The second kappa shape index (κ2) is 7.13. The Morgan fingerprint density at radius 1 is 1.32 bits per heavy atom. The van der Waals surface area contributed by atoms with Gasteiger partial charge in [-0.2, -0.15) is 0 Å². The molecule has 22 heavy (non-hydrogen) atoms. The highest BCUT2D eigenvalue weighted by Gasteiger charge is 2.26. The zero-order valence-corrected chi connectivity index (χ0v) is 12.9. The van der Waals surface area contributed by atoms with Gasteiger partial charge in [0, 0.05) is 7.05 Å². The number of carboxylic acid groups (broad SMARTS) is 1. The molecule has 1 aromatic rings. The van der Waals surface area contributed by atoms with E-state index in [0.717, 1.165) is 10.5 Å².